The van der Waals surface area contributed by atoms with Crippen molar-refractivity contribution in [2.75, 3.05) is 6.61 Å². The minimum Gasteiger partial charge on any atom is -0.377 e. The highest BCUT2D eigenvalue weighted by Crippen LogP contribution is 2.28. The number of alkyl halides is 1. The molecule has 0 bridgehead atoms. The molecule has 0 N–H and O–H groups in total. The van der Waals surface area contributed by atoms with Crippen molar-refractivity contribution in [2.24, 2.45) is 5.41 Å². The molecule has 1 aliphatic rings. The molecule has 84 valence electrons. The zero-order valence-corrected chi connectivity index (χ0v) is 11.3. The SMILES string of the molecule is CC(C)(C)CCOC1CCCCC1Br. The molecule has 0 heterocycles. The second-order valence-corrected chi connectivity index (χ2v) is 6.70. The maximum Gasteiger partial charge on any atom is 0.0700 e. The fraction of sp³-hybridized carbons (Fsp3) is 1.00. The molecule has 1 rings (SSSR count). The lowest BCUT2D eigenvalue weighted by Gasteiger charge is -2.28. The zero-order chi connectivity index (χ0) is 10.6. The van der Waals surface area contributed by atoms with Crippen LogP contribution in [0.1, 0.15) is 52.9 Å². The van der Waals surface area contributed by atoms with Gasteiger partial charge in [0.15, 0.2) is 0 Å². The van der Waals surface area contributed by atoms with E-state index >= 15 is 0 Å². The number of rotatable bonds is 3. The lowest BCUT2D eigenvalue weighted by molar-refractivity contribution is 0.0213. The standard InChI is InChI=1S/C12H23BrO/c1-12(2,3)8-9-14-11-7-5-4-6-10(11)13/h10-11H,4-9H2,1-3H3. The van der Waals surface area contributed by atoms with Crippen LogP contribution in [0, 0.1) is 5.41 Å². The molecule has 2 heteroatoms. The van der Waals surface area contributed by atoms with Gasteiger partial charge in [-0.05, 0) is 24.7 Å². The van der Waals surface area contributed by atoms with E-state index in [1.807, 2.05) is 0 Å². The van der Waals surface area contributed by atoms with Crippen molar-refractivity contribution in [3.8, 4) is 0 Å². The molecule has 1 fully saturated rings. The van der Waals surface area contributed by atoms with Crippen LogP contribution in [0.4, 0.5) is 0 Å². The van der Waals surface area contributed by atoms with Crippen molar-refractivity contribution >= 4 is 15.9 Å². The van der Waals surface area contributed by atoms with Crippen LogP contribution < -0.4 is 0 Å². The summed E-state index contributed by atoms with van der Waals surface area (Å²) in [6, 6.07) is 0. The average molecular weight is 263 g/mol. The smallest absolute Gasteiger partial charge is 0.0700 e. The molecule has 0 aromatic rings. The van der Waals surface area contributed by atoms with Gasteiger partial charge >= 0.3 is 0 Å². The van der Waals surface area contributed by atoms with Gasteiger partial charge in [-0.3, -0.25) is 0 Å². The minimum atomic E-state index is 0.399. The second kappa shape index (κ2) is 5.50. The fourth-order valence-corrected chi connectivity index (χ4v) is 2.50. The molecule has 14 heavy (non-hydrogen) atoms. The normalized spacial score (nSPS) is 29.1. The summed E-state index contributed by atoms with van der Waals surface area (Å²) in [6.07, 6.45) is 6.83. The van der Waals surface area contributed by atoms with Gasteiger partial charge in [0.25, 0.3) is 0 Å². The highest BCUT2D eigenvalue weighted by atomic mass is 79.9. The van der Waals surface area contributed by atoms with E-state index in [0.29, 0.717) is 16.3 Å². The van der Waals surface area contributed by atoms with Crippen LogP contribution in [0.3, 0.4) is 0 Å². The molecular weight excluding hydrogens is 240 g/mol. The van der Waals surface area contributed by atoms with Gasteiger partial charge in [0.05, 0.1) is 6.10 Å². The molecule has 0 saturated heterocycles. The molecule has 0 aliphatic heterocycles. The minimum absolute atomic E-state index is 0.399. The van der Waals surface area contributed by atoms with Crippen LogP contribution in [-0.4, -0.2) is 17.5 Å². The number of hydrogen-bond donors (Lipinski definition) is 0. The molecule has 1 aliphatic carbocycles. The summed E-state index contributed by atoms with van der Waals surface area (Å²) in [5.74, 6) is 0. The van der Waals surface area contributed by atoms with E-state index in [9.17, 15) is 0 Å². The van der Waals surface area contributed by atoms with Gasteiger partial charge in [-0.2, -0.15) is 0 Å². The van der Waals surface area contributed by atoms with E-state index in [1.54, 1.807) is 0 Å². The van der Waals surface area contributed by atoms with Crippen molar-refractivity contribution in [1.29, 1.82) is 0 Å². The molecule has 2 atom stereocenters. The maximum atomic E-state index is 5.92. The summed E-state index contributed by atoms with van der Waals surface area (Å²) in [7, 11) is 0. The Hall–Kier alpha value is 0.440. The van der Waals surface area contributed by atoms with Gasteiger partial charge in [0.1, 0.15) is 0 Å². The molecule has 0 spiro atoms. The first-order chi connectivity index (χ1) is 6.49. The van der Waals surface area contributed by atoms with E-state index in [1.165, 1.54) is 25.7 Å². The van der Waals surface area contributed by atoms with Gasteiger partial charge in [-0.15, -0.1) is 0 Å². The Labute approximate surface area is 96.7 Å². The largest absolute Gasteiger partial charge is 0.377 e. The highest BCUT2D eigenvalue weighted by molar-refractivity contribution is 9.09. The van der Waals surface area contributed by atoms with E-state index in [-0.39, 0.29) is 0 Å². The van der Waals surface area contributed by atoms with Gasteiger partial charge in [-0.25, -0.2) is 0 Å². The predicted octanol–water partition coefficient (Wildman–Crippen LogP) is 4.15. The Morgan fingerprint density at radius 3 is 2.43 bits per heavy atom. The van der Waals surface area contributed by atoms with Gasteiger partial charge in [-0.1, -0.05) is 49.5 Å². The molecule has 0 aromatic carbocycles. The Morgan fingerprint density at radius 2 is 1.86 bits per heavy atom. The van der Waals surface area contributed by atoms with Gasteiger partial charge in [0, 0.05) is 11.4 Å². The van der Waals surface area contributed by atoms with Crippen molar-refractivity contribution in [1.82, 2.24) is 0 Å². The summed E-state index contributed by atoms with van der Waals surface area (Å²) in [5, 5.41) is 0. The summed E-state index contributed by atoms with van der Waals surface area (Å²) >= 11 is 3.71. The molecule has 0 amide bonds. The molecule has 1 nitrogen and oxygen atoms in total. The molecule has 2 unspecified atom stereocenters. The lowest BCUT2D eigenvalue weighted by atomic mass is 9.92. The third kappa shape index (κ3) is 4.79. The molecular formula is C12H23BrO. The van der Waals surface area contributed by atoms with Crippen LogP contribution in [0.2, 0.25) is 0 Å². The van der Waals surface area contributed by atoms with Crippen LogP contribution in [0.15, 0.2) is 0 Å². The highest BCUT2D eigenvalue weighted by Gasteiger charge is 2.23. The summed E-state index contributed by atoms with van der Waals surface area (Å²) < 4.78 is 5.92. The van der Waals surface area contributed by atoms with Crippen molar-refractivity contribution in [2.45, 2.75) is 63.8 Å². The number of hydrogen-bond acceptors (Lipinski definition) is 1. The van der Waals surface area contributed by atoms with Crippen LogP contribution >= 0.6 is 15.9 Å². The Bertz CT molecular complexity index is 162. The van der Waals surface area contributed by atoms with E-state index < -0.39 is 0 Å². The van der Waals surface area contributed by atoms with Crippen LogP contribution in [0.5, 0.6) is 0 Å². The first-order valence-electron chi connectivity index (χ1n) is 5.75. The van der Waals surface area contributed by atoms with Gasteiger partial charge in [0.2, 0.25) is 0 Å². The van der Waals surface area contributed by atoms with E-state index in [4.69, 9.17) is 4.74 Å². The Kier molecular flexibility index (Phi) is 4.92. The molecule has 0 aromatic heterocycles. The first kappa shape index (κ1) is 12.5. The van der Waals surface area contributed by atoms with Crippen molar-refractivity contribution < 1.29 is 4.74 Å². The number of ether oxygens (including phenoxy) is 1. The van der Waals surface area contributed by atoms with E-state index in [2.05, 4.69) is 36.7 Å². The fourth-order valence-electron chi connectivity index (χ4n) is 1.76. The van der Waals surface area contributed by atoms with Crippen LogP contribution in [0.25, 0.3) is 0 Å². The third-order valence-electron chi connectivity index (χ3n) is 2.81. The first-order valence-corrected chi connectivity index (χ1v) is 6.66. The monoisotopic (exact) mass is 262 g/mol. The summed E-state index contributed by atoms with van der Waals surface area (Å²) in [6.45, 7) is 7.71. The van der Waals surface area contributed by atoms with Crippen LogP contribution in [-0.2, 0) is 4.74 Å². The van der Waals surface area contributed by atoms with Crippen molar-refractivity contribution in [3.05, 3.63) is 0 Å². The average Bonchev–Trinajstić information content (AvgIpc) is 2.06. The summed E-state index contributed by atoms with van der Waals surface area (Å²) in [5.41, 5.74) is 0.399. The second-order valence-electron chi connectivity index (χ2n) is 5.52. The summed E-state index contributed by atoms with van der Waals surface area (Å²) in [4.78, 5) is 0.594. The lowest BCUT2D eigenvalue weighted by Crippen LogP contribution is -2.29. The number of halogens is 1. The zero-order valence-electron chi connectivity index (χ0n) is 9.68. The third-order valence-corrected chi connectivity index (χ3v) is 3.85. The van der Waals surface area contributed by atoms with Crippen molar-refractivity contribution in [3.63, 3.8) is 0 Å². The quantitative estimate of drug-likeness (QED) is 0.695. The Balaban J connectivity index is 2.17. The molecule has 1 saturated carbocycles. The topological polar surface area (TPSA) is 9.23 Å². The maximum absolute atomic E-state index is 5.92. The molecule has 0 radical (unpaired) electrons. The predicted molar refractivity (Wildman–Crippen MR) is 65.0 cm³/mol. The Morgan fingerprint density at radius 1 is 1.21 bits per heavy atom. The van der Waals surface area contributed by atoms with Gasteiger partial charge < -0.3 is 4.74 Å². The van der Waals surface area contributed by atoms with E-state index in [0.717, 1.165) is 13.0 Å².